The summed E-state index contributed by atoms with van der Waals surface area (Å²) in [6.45, 7) is 18.8. The fourth-order valence-corrected chi connectivity index (χ4v) is 5.63. The van der Waals surface area contributed by atoms with Gasteiger partial charge in [-0.25, -0.2) is 4.79 Å². The number of aliphatic hydroxyl groups is 1. The summed E-state index contributed by atoms with van der Waals surface area (Å²) in [4.78, 5) is 41.9. The maximum absolute atomic E-state index is 13.7. The van der Waals surface area contributed by atoms with Gasteiger partial charge in [0, 0.05) is 45.3 Å². The number of alkyl carbamates (subject to hydrolysis) is 1. The van der Waals surface area contributed by atoms with Gasteiger partial charge in [0.25, 0.3) is 5.91 Å². The van der Waals surface area contributed by atoms with Crippen molar-refractivity contribution in [1.82, 2.24) is 20.9 Å². The average Bonchev–Trinajstić information content (AvgIpc) is 3.05. The number of carbonyl (C=O) groups excluding carboxylic acids is 3. The molecule has 1 aromatic rings. The largest absolute Gasteiger partial charge is 0.493 e. The molecule has 0 spiro atoms. The Balaban J connectivity index is 3.20. The number of hydrogen-bond acceptors (Lipinski definition) is 9. The molecule has 0 fully saturated rings. The lowest BCUT2D eigenvalue weighted by Gasteiger charge is -2.33. The zero-order valence-corrected chi connectivity index (χ0v) is 34.1. The van der Waals surface area contributed by atoms with Crippen molar-refractivity contribution in [1.29, 1.82) is 0 Å². The summed E-state index contributed by atoms with van der Waals surface area (Å²) in [5.74, 6) is 0.161. The van der Waals surface area contributed by atoms with Crippen LogP contribution < -0.4 is 25.4 Å². The zero-order chi connectivity index (χ0) is 39.3. The number of amides is 3. The van der Waals surface area contributed by atoms with E-state index in [1.54, 1.807) is 46.1 Å². The van der Waals surface area contributed by atoms with Crippen LogP contribution in [0, 0.1) is 23.7 Å². The van der Waals surface area contributed by atoms with Gasteiger partial charge in [0.1, 0.15) is 17.1 Å². The molecule has 300 valence electrons. The van der Waals surface area contributed by atoms with Gasteiger partial charge >= 0.3 is 6.09 Å². The first-order valence-electron chi connectivity index (χ1n) is 19.3. The number of ether oxygens (including phenoxy) is 4. The van der Waals surface area contributed by atoms with Crippen LogP contribution in [-0.2, 0) is 14.3 Å². The number of hydrogen-bond donors (Lipinski definition) is 4. The molecule has 0 radical (unpaired) electrons. The van der Waals surface area contributed by atoms with E-state index < -0.39 is 29.8 Å². The van der Waals surface area contributed by atoms with Crippen molar-refractivity contribution < 1.29 is 38.4 Å². The monoisotopic (exact) mass is 737 g/mol. The number of rotatable bonds is 26. The number of carbonyl (C=O) groups is 3. The molecule has 0 aliphatic heterocycles. The Morgan fingerprint density at radius 3 is 2.15 bits per heavy atom. The maximum Gasteiger partial charge on any atom is 0.407 e. The van der Waals surface area contributed by atoms with Gasteiger partial charge in [0.15, 0.2) is 0 Å². The number of aliphatic hydroxyl groups excluding tert-OH is 1. The lowest BCUT2D eigenvalue weighted by atomic mass is 9.82. The summed E-state index contributed by atoms with van der Waals surface area (Å²) in [5, 5.41) is 20.6. The molecule has 1 aromatic carbocycles. The average molecular weight is 737 g/mol. The van der Waals surface area contributed by atoms with Crippen molar-refractivity contribution in [3.63, 3.8) is 0 Å². The van der Waals surface area contributed by atoms with Crippen molar-refractivity contribution in [2.24, 2.45) is 23.7 Å². The van der Waals surface area contributed by atoms with E-state index in [1.807, 2.05) is 41.8 Å². The highest BCUT2D eigenvalue weighted by atomic mass is 16.6. The van der Waals surface area contributed by atoms with Gasteiger partial charge in [-0.15, -0.1) is 0 Å². The van der Waals surface area contributed by atoms with Crippen molar-refractivity contribution >= 4 is 17.9 Å². The minimum atomic E-state index is -1.03. The molecule has 52 heavy (non-hydrogen) atoms. The molecule has 1 rings (SSSR count). The summed E-state index contributed by atoms with van der Waals surface area (Å²) in [7, 11) is 5.70. The molecule has 0 saturated carbocycles. The maximum atomic E-state index is 13.7. The van der Waals surface area contributed by atoms with Crippen molar-refractivity contribution in [2.45, 2.75) is 118 Å². The van der Waals surface area contributed by atoms with Gasteiger partial charge in [-0.1, -0.05) is 41.0 Å². The Kier molecular flexibility index (Phi) is 22.6. The van der Waals surface area contributed by atoms with Crippen LogP contribution in [0.1, 0.15) is 111 Å². The van der Waals surface area contributed by atoms with Crippen molar-refractivity contribution in [3.05, 3.63) is 23.8 Å². The molecular formula is C40H72N4O8. The summed E-state index contributed by atoms with van der Waals surface area (Å²) in [6, 6.07) is 4.54. The highest BCUT2D eigenvalue weighted by Gasteiger charge is 2.33. The van der Waals surface area contributed by atoms with Crippen LogP contribution in [0.4, 0.5) is 4.79 Å². The Hall–Kier alpha value is -3.09. The van der Waals surface area contributed by atoms with Crippen LogP contribution in [0.2, 0.25) is 0 Å². The second-order valence-corrected chi connectivity index (χ2v) is 15.7. The van der Waals surface area contributed by atoms with E-state index in [0.717, 1.165) is 38.6 Å². The van der Waals surface area contributed by atoms with E-state index >= 15 is 0 Å². The lowest BCUT2D eigenvalue weighted by Crippen LogP contribution is -2.49. The predicted molar refractivity (Wildman–Crippen MR) is 207 cm³/mol. The zero-order valence-electron chi connectivity index (χ0n) is 34.1. The second-order valence-electron chi connectivity index (χ2n) is 15.7. The highest BCUT2D eigenvalue weighted by molar-refractivity contribution is 5.97. The summed E-state index contributed by atoms with van der Waals surface area (Å²) >= 11 is 0. The highest BCUT2D eigenvalue weighted by Crippen LogP contribution is 2.27. The third-order valence-electron chi connectivity index (χ3n) is 8.87. The van der Waals surface area contributed by atoms with Gasteiger partial charge in [0.2, 0.25) is 5.91 Å². The number of methoxy groups -OCH3 is 1. The predicted octanol–water partition coefficient (Wildman–Crippen LogP) is 6.05. The molecule has 4 atom stereocenters. The quantitative estimate of drug-likeness (QED) is 0.0836. The molecule has 0 heterocycles. The van der Waals surface area contributed by atoms with Crippen LogP contribution in [0.3, 0.4) is 0 Å². The Morgan fingerprint density at radius 2 is 1.56 bits per heavy atom. The van der Waals surface area contributed by atoms with Crippen LogP contribution in [-0.4, -0.2) is 106 Å². The fourth-order valence-electron chi connectivity index (χ4n) is 5.63. The molecule has 4 N–H and O–H groups in total. The minimum absolute atomic E-state index is 0.0233. The molecule has 0 aliphatic rings. The van der Waals surface area contributed by atoms with Crippen LogP contribution in [0.25, 0.3) is 0 Å². The third kappa shape index (κ3) is 19.7. The Morgan fingerprint density at radius 1 is 0.885 bits per heavy atom. The van der Waals surface area contributed by atoms with Gasteiger partial charge in [-0.05, 0) is 103 Å². The van der Waals surface area contributed by atoms with Gasteiger partial charge in [-0.3, -0.25) is 9.59 Å². The van der Waals surface area contributed by atoms with E-state index in [9.17, 15) is 19.5 Å². The second kappa shape index (κ2) is 25.0. The molecule has 0 saturated heterocycles. The van der Waals surface area contributed by atoms with E-state index in [0.29, 0.717) is 49.8 Å². The number of unbranched alkanes of at least 4 members (excludes halogenated alkanes) is 2. The van der Waals surface area contributed by atoms with E-state index in [4.69, 9.17) is 18.9 Å². The molecule has 12 heteroatoms. The van der Waals surface area contributed by atoms with Gasteiger partial charge in [0.05, 0.1) is 30.9 Å². The molecule has 0 aliphatic carbocycles. The van der Waals surface area contributed by atoms with Crippen LogP contribution in [0.5, 0.6) is 11.5 Å². The first-order valence-corrected chi connectivity index (χ1v) is 19.3. The number of nitrogens with one attached hydrogen (secondary N) is 3. The topological polar surface area (TPSA) is 148 Å². The van der Waals surface area contributed by atoms with Gasteiger partial charge < -0.3 is 44.9 Å². The van der Waals surface area contributed by atoms with Crippen LogP contribution in [0.15, 0.2) is 18.2 Å². The molecule has 0 bridgehead atoms. The summed E-state index contributed by atoms with van der Waals surface area (Å²) < 4.78 is 22.8. The number of nitrogens with zero attached hydrogens (tertiary/aromatic N) is 1. The molecular weight excluding hydrogens is 664 g/mol. The van der Waals surface area contributed by atoms with Gasteiger partial charge in [-0.2, -0.15) is 0 Å². The molecule has 0 aromatic heterocycles. The Labute approximate surface area is 314 Å². The lowest BCUT2D eigenvalue weighted by molar-refractivity contribution is -0.127. The first kappa shape index (κ1) is 46.9. The first-order chi connectivity index (χ1) is 24.5. The smallest absolute Gasteiger partial charge is 0.407 e. The standard InChI is InChI=1S/C40H72N4O8/c1-12-13-19-41-38(47)33(29(4)5)26-35(45)34(43-39(48)52-40(6,7)8)24-30(28(2)3)27-42-37(46)32-18-17-31(50-23-16-20-44(9)10)25-36(32)51-22-15-14-21-49-11/h17-18,25,28-30,33-35,45H,12-16,19-24,26-27H2,1-11H3,(H,41,47)(H,42,46)(H,43,48). The normalized spacial score (nSPS) is 14.1. The van der Waals surface area contributed by atoms with Crippen molar-refractivity contribution in [3.8, 4) is 11.5 Å². The summed E-state index contributed by atoms with van der Waals surface area (Å²) in [6.07, 6.45) is 3.15. The third-order valence-corrected chi connectivity index (χ3v) is 8.87. The summed E-state index contributed by atoms with van der Waals surface area (Å²) in [5.41, 5.74) is -0.340. The number of benzene rings is 1. The van der Waals surface area contributed by atoms with E-state index in [-0.39, 0.29) is 42.5 Å². The molecule has 4 unspecified atom stereocenters. The van der Waals surface area contributed by atoms with Crippen LogP contribution >= 0.6 is 0 Å². The fraction of sp³-hybridized carbons (Fsp3) is 0.775. The van der Waals surface area contributed by atoms with E-state index in [2.05, 4.69) is 27.8 Å². The minimum Gasteiger partial charge on any atom is -0.493 e. The molecule has 3 amide bonds. The molecule has 12 nitrogen and oxygen atoms in total. The SMILES string of the molecule is CCCCNC(=O)C(CC(O)C(CC(CNC(=O)c1ccc(OCCCN(C)C)cc1OCCCCOC)C(C)C)NC(=O)OC(C)(C)C)C(C)C. The Bertz CT molecular complexity index is 1170. The van der Waals surface area contributed by atoms with E-state index in [1.165, 1.54) is 0 Å². The van der Waals surface area contributed by atoms with Crippen molar-refractivity contribution in [2.75, 3.05) is 60.7 Å².